The highest BCUT2D eigenvalue weighted by Gasteiger charge is 2.17. The van der Waals surface area contributed by atoms with E-state index < -0.39 is 5.82 Å². The molecule has 0 spiro atoms. The SMILES string of the molecule is CCCNC(Cc1cc(F)ccc1F)c1cc(C)c(Br)s1. The first kappa shape index (κ1) is 16.6. The standard InChI is InChI=1S/C16H18BrF2NS/c1-3-6-20-14(15-7-10(2)16(17)21-15)9-11-8-12(18)4-5-13(11)19/h4-5,7-8,14,20H,3,6,9H2,1-2H3. The molecule has 2 rings (SSSR count). The van der Waals surface area contributed by atoms with E-state index in [1.54, 1.807) is 11.3 Å². The summed E-state index contributed by atoms with van der Waals surface area (Å²) < 4.78 is 28.3. The molecular formula is C16H18BrF2NS. The second-order valence-corrected chi connectivity index (χ2v) is 7.45. The van der Waals surface area contributed by atoms with Crippen molar-refractivity contribution in [2.45, 2.75) is 32.7 Å². The second kappa shape index (κ2) is 7.47. The number of thiophene rings is 1. The number of hydrogen-bond donors (Lipinski definition) is 1. The Morgan fingerprint density at radius 3 is 2.67 bits per heavy atom. The quantitative estimate of drug-likeness (QED) is 0.716. The third-order valence-corrected chi connectivity index (χ3v) is 5.54. The first-order valence-corrected chi connectivity index (χ1v) is 8.55. The van der Waals surface area contributed by atoms with Crippen molar-refractivity contribution >= 4 is 27.3 Å². The highest BCUT2D eigenvalue weighted by Crippen LogP contribution is 2.33. The van der Waals surface area contributed by atoms with E-state index >= 15 is 0 Å². The number of benzene rings is 1. The van der Waals surface area contributed by atoms with Gasteiger partial charge in [-0.3, -0.25) is 0 Å². The Balaban J connectivity index is 2.25. The first-order valence-electron chi connectivity index (χ1n) is 6.94. The molecule has 1 aromatic heterocycles. The lowest BCUT2D eigenvalue weighted by molar-refractivity contribution is 0.514. The highest BCUT2D eigenvalue weighted by molar-refractivity contribution is 9.11. The molecule has 0 fully saturated rings. The fourth-order valence-electron chi connectivity index (χ4n) is 2.17. The van der Waals surface area contributed by atoms with E-state index in [2.05, 4.69) is 34.2 Å². The summed E-state index contributed by atoms with van der Waals surface area (Å²) in [6, 6.07) is 5.72. The lowest BCUT2D eigenvalue weighted by Gasteiger charge is -2.17. The van der Waals surface area contributed by atoms with Crippen LogP contribution in [-0.4, -0.2) is 6.54 Å². The Bertz CT molecular complexity index is 593. The summed E-state index contributed by atoms with van der Waals surface area (Å²) in [7, 11) is 0. The molecule has 1 nitrogen and oxygen atoms in total. The molecule has 1 aromatic carbocycles. The molecule has 0 aliphatic carbocycles. The van der Waals surface area contributed by atoms with E-state index in [4.69, 9.17) is 0 Å². The van der Waals surface area contributed by atoms with Crippen LogP contribution in [0, 0.1) is 18.6 Å². The largest absolute Gasteiger partial charge is 0.309 e. The van der Waals surface area contributed by atoms with E-state index in [1.165, 1.54) is 12.1 Å². The molecule has 1 heterocycles. The van der Waals surface area contributed by atoms with Crippen LogP contribution < -0.4 is 5.32 Å². The highest BCUT2D eigenvalue weighted by atomic mass is 79.9. The number of nitrogens with one attached hydrogen (secondary N) is 1. The predicted octanol–water partition coefficient (Wildman–Crippen LogP) is 5.38. The van der Waals surface area contributed by atoms with Gasteiger partial charge in [0.2, 0.25) is 0 Å². The molecule has 114 valence electrons. The molecule has 0 saturated heterocycles. The van der Waals surface area contributed by atoms with E-state index in [-0.39, 0.29) is 11.9 Å². The van der Waals surface area contributed by atoms with Crippen LogP contribution in [0.1, 0.15) is 35.4 Å². The molecule has 0 aliphatic rings. The third-order valence-electron chi connectivity index (χ3n) is 3.29. The van der Waals surface area contributed by atoms with Gasteiger partial charge in [-0.25, -0.2) is 8.78 Å². The van der Waals surface area contributed by atoms with E-state index in [0.29, 0.717) is 12.0 Å². The number of rotatable bonds is 6. The van der Waals surface area contributed by atoms with Gasteiger partial charge in [0, 0.05) is 10.9 Å². The molecule has 0 saturated carbocycles. The minimum Gasteiger partial charge on any atom is -0.309 e. The Morgan fingerprint density at radius 1 is 1.29 bits per heavy atom. The normalized spacial score (nSPS) is 12.6. The van der Waals surface area contributed by atoms with Crippen LogP contribution in [0.3, 0.4) is 0 Å². The zero-order chi connectivity index (χ0) is 15.4. The Kier molecular flexibility index (Phi) is 5.90. The summed E-state index contributed by atoms with van der Waals surface area (Å²) in [5, 5.41) is 3.42. The molecule has 0 bridgehead atoms. The number of hydrogen-bond acceptors (Lipinski definition) is 2. The van der Waals surface area contributed by atoms with Crippen LogP contribution in [-0.2, 0) is 6.42 Å². The van der Waals surface area contributed by atoms with Crippen molar-refractivity contribution < 1.29 is 8.78 Å². The van der Waals surface area contributed by atoms with Gasteiger partial charge in [0.15, 0.2) is 0 Å². The van der Waals surface area contributed by atoms with Gasteiger partial charge in [-0.2, -0.15) is 0 Å². The Morgan fingerprint density at radius 2 is 2.05 bits per heavy atom. The minimum atomic E-state index is -0.399. The fraction of sp³-hybridized carbons (Fsp3) is 0.375. The molecule has 1 unspecified atom stereocenters. The maximum absolute atomic E-state index is 13.9. The summed E-state index contributed by atoms with van der Waals surface area (Å²) in [6.07, 6.45) is 1.43. The average molecular weight is 374 g/mol. The number of aryl methyl sites for hydroxylation is 1. The lowest BCUT2D eigenvalue weighted by Crippen LogP contribution is -2.23. The van der Waals surface area contributed by atoms with Crippen molar-refractivity contribution in [3.8, 4) is 0 Å². The topological polar surface area (TPSA) is 12.0 Å². The summed E-state index contributed by atoms with van der Waals surface area (Å²) in [5.41, 5.74) is 1.57. The molecule has 5 heteroatoms. The predicted molar refractivity (Wildman–Crippen MR) is 87.9 cm³/mol. The van der Waals surface area contributed by atoms with Gasteiger partial charge in [-0.05, 0) is 77.6 Å². The van der Waals surface area contributed by atoms with Crippen LogP contribution in [0.15, 0.2) is 28.1 Å². The Hall–Kier alpha value is -0.780. The van der Waals surface area contributed by atoms with Crippen LogP contribution in [0.4, 0.5) is 8.78 Å². The van der Waals surface area contributed by atoms with Crippen molar-refractivity contribution in [2.75, 3.05) is 6.54 Å². The van der Waals surface area contributed by atoms with Crippen LogP contribution in [0.5, 0.6) is 0 Å². The maximum atomic E-state index is 13.9. The molecule has 2 aromatic rings. The van der Waals surface area contributed by atoms with E-state index in [0.717, 1.165) is 33.3 Å². The maximum Gasteiger partial charge on any atom is 0.126 e. The van der Waals surface area contributed by atoms with Crippen molar-refractivity contribution in [3.05, 3.63) is 55.7 Å². The summed E-state index contributed by atoms with van der Waals surface area (Å²) in [6.45, 7) is 4.96. The van der Waals surface area contributed by atoms with E-state index in [1.807, 2.05) is 6.92 Å². The minimum absolute atomic E-state index is 0.00347. The average Bonchev–Trinajstić information content (AvgIpc) is 2.78. The second-order valence-electron chi connectivity index (χ2n) is 5.05. The zero-order valence-electron chi connectivity index (χ0n) is 12.1. The molecule has 21 heavy (non-hydrogen) atoms. The molecule has 1 atom stereocenters. The van der Waals surface area contributed by atoms with Crippen LogP contribution in [0.2, 0.25) is 0 Å². The van der Waals surface area contributed by atoms with Gasteiger partial charge in [0.25, 0.3) is 0 Å². The zero-order valence-corrected chi connectivity index (χ0v) is 14.5. The van der Waals surface area contributed by atoms with Gasteiger partial charge in [-0.1, -0.05) is 6.92 Å². The Labute approximate surface area is 136 Å². The van der Waals surface area contributed by atoms with Gasteiger partial charge in [-0.15, -0.1) is 11.3 Å². The van der Waals surface area contributed by atoms with Gasteiger partial charge in [0.05, 0.1) is 3.79 Å². The summed E-state index contributed by atoms with van der Waals surface area (Å²) in [5.74, 6) is -0.753. The summed E-state index contributed by atoms with van der Waals surface area (Å²) >= 11 is 5.16. The van der Waals surface area contributed by atoms with Crippen LogP contribution in [0.25, 0.3) is 0 Å². The van der Waals surface area contributed by atoms with Gasteiger partial charge < -0.3 is 5.32 Å². The smallest absolute Gasteiger partial charge is 0.126 e. The molecule has 0 aliphatic heterocycles. The molecule has 1 N–H and O–H groups in total. The molecular weight excluding hydrogens is 356 g/mol. The summed E-state index contributed by atoms with van der Waals surface area (Å²) in [4.78, 5) is 1.14. The van der Waals surface area contributed by atoms with Crippen molar-refractivity contribution in [2.24, 2.45) is 0 Å². The van der Waals surface area contributed by atoms with Gasteiger partial charge in [0.1, 0.15) is 11.6 Å². The third kappa shape index (κ3) is 4.34. The van der Waals surface area contributed by atoms with Crippen molar-refractivity contribution in [1.82, 2.24) is 5.32 Å². The van der Waals surface area contributed by atoms with Crippen molar-refractivity contribution in [3.63, 3.8) is 0 Å². The van der Waals surface area contributed by atoms with Gasteiger partial charge >= 0.3 is 0 Å². The van der Waals surface area contributed by atoms with E-state index in [9.17, 15) is 8.78 Å². The monoisotopic (exact) mass is 373 g/mol. The first-order chi connectivity index (χ1) is 10.0. The molecule has 0 radical (unpaired) electrons. The van der Waals surface area contributed by atoms with Crippen molar-refractivity contribution in [1.29, 1.82) is 0 Å². The number of halogens is 3. The lowest BCUT2D eigenvalue weighted by atomic mass is 10.0. The van der Waals surface area contributed by atoms with Crippen LogP contribution >= 0.6 is 27.3 Å². The molecule has 0 amide bonds. The fourth-order valence-corrected chi connectivity index (χ4v) is 3.81.